The smallest absolute Gasteiger partial charge is 0.136 e. The van der Waals surface area contributed by atoms with E-state index in [1.54, 1.807) is 0 Å². The fourth-order valence-corrected chi connectivity index (χ4v) is 3.20. The van der Waals surface area contributed by atoms with E-state index >= 15 is 0 Å². The molecule has 0 aliphatic heterocycles. The number of hydrogen-bond acceptors (Lipinski definition) is 2. The molecule has 20 heavy (non-hydrogen) atoms. The third kappa shape index (κ3) is 1.60. The largest absolute Gasteiger partial charge is 0.306 e. The molecule has 0 saturated carbocycles. The minimum Gasteiger partial charge on any atom is -0.306 e. The summed E-state index contributed by atoms with van der Waals surface area (Å²) < 4.78 is 2.05. The van der Waals surface area contributed by atoms with Gasteiger partial charge in [-0.15, -0.1) is 0 Å². The molecule has 1 N–H and O–H groups in total. The number of aromatic nitrogens is 4. The van der Waals surface area contributed by atoms with E-state index in [4.69, 9.17) is 0 Å². The Bertz CT molecular complexity index is 783. The lowest BCUT2D eigenvalue weighted by Crippen LogP contribution is -2.15. The fraction of sp³-hybridized carbons (Fsp3) is 0.375. The lowest BCUT2D eigenvalue weighted by Gasteiger charge is -2.20. The normalized spacial score (nSPS) is 21.5. The zero-order valence-electron chi connectivity index (χ0n) is 11.8. The number of pyridine rings is 1. The summed E-state index contributed by atoms with van der Waals surface area (Å²) in [6.45, 7) is 4.64. The van der Waals surface area contributed by atoms with Crippen molar-refractivity contribution in [3.8, 4) is 11.3 Å². The van der Waals surface area contributed by atoms with Crippen LogP contribution in [0.3, 0.4) is 0 Å². The Morgan fingerprint density at radius 3 is 3.10 bits per heavy atom. The number of aromatic amines is 1. The molecule has 3 heterocycles. The molecule has 3 aromatic rings. The summed E-state index contributed by atoms with van der Waals surface area (Å²) in [6, 6.07) is 4.16. The molecule has 1 aliphatic carbocycles. The van der Waals surface area contributed by atoms with Gasteiger partial charge < -0.3 is 4.40 Å². The average Bonchev–Trinajstić information content (AvgIpc) is 3.11. The van der Waals surface area contributed by atoms with Crippen LogP contribution in [0, 0.1) is 5.41 Å². The average molecular weight is 266 g/mol. The Morgan fingerprint density at radius 2 is 2.25 bits per heavy atom. The van der Waals surface area contributed by atoms with Crippen LogP contribution < -0.4 is 0 Å². The minimum absolute atomic E-state index is 0.387. The number of rotatable bonds is 2. The lowest BCUT2D eigenvalue weighted by atomic mass is 9.84. The van der Waals surface area contributed by atoms with Gasteiger partial charge in [-0.05, 0) is 30.4 Å². The van der Waals surface area contributed by atoms with Crippen molar-refractivity contribution in [3.05, 3.63) is 42.0 Å². The Kier molecular flexibility index (Phi) is 2.31. The number of imidazole rings is 1. The zero-order chi connectivity index (χ0) is 13.7. The first-order valence-electron chi connectivity index (χ1n) is 7.18. The van der Waals surface area contributed by atoms with Gasteiger partial charge in [0.1, 0.15) is 5.65 Å². The lowest BCUT2D eigenvalue weighted by molar-refractivity contribution is 0.329. The van der Waals surface area contributed by atoms with E-state index in [1.165, 1.54) is 17.7 Å². The van der Waals surface area contributed by atoms with Gasteiger partial charge in [-0.25, -0.2) is 4.98 Å². The summed E-state index contributed by atoms with van der Waals surface area (Å²) in [4.78, 5) is 4.28. The quantitative estimate of drug-likeness (QED) is 0.774. The highest BCUT2D eigenvalue weighted by Gasteiger charge is 2.35. The molecule has 0 saturated heterocycles. The monoisotopic (exact) mass is 266 g/mol. The van der Waals surface area contributed by atoms with Crippen LogP contribution in [-0.2, 0) is 12.8 Å². The molecule has 102 valence electrons. The number of nitrogens with one attached hydrogen (secondary N) is 1. The van der Waals surface area contributed by atoms with Crippen molar-refractivity contribution < 1.29 is 0 Å². The van der Waals surface area contributed by atoms with Crippen molar-refractivity contribution in [2.45, 2.75) is 33.1 Å². The van der Waals surface area contributed by atoms with Crippen LogP contribution in [0.2, 0.25) is 0 Å². The zero-order valence-corrected chi connectivity index (χ0v) is 11.8. The van der Waals surface area contributed by atoms with Crippen LogP contribution in [0.5, 0.6) is 0 Å². The van der Waals surface area contributed by atoms with Crippen LogP contribution in [-0.4, -0.2) is 19.6 Å². The van der Waals surface area contributed by atoms with Gasteiger partial charge in [0.25, 0.3) is 0 Å². The molecule has 0 fully saturated rings. The summed E-state index contributed by atoms with van der Waals surface area (Å²) in [7, 11) is 0. The van der Waals surface area contributed by atoms with E-state index < -0.39 is 0 Å². The Balaban J connectivity index is 1.81. The molecule has 0 bridgehead atoms. The van der Waals surface area contributed by atoms with Crippen LogP contribution in [0.25, 0.3) is 16.9 Å². The maximum atomic E-state index is 4.54. The van der Waals surface area contributed by atoms with Gasteiger partial charge in [0, 0.05) is 35.4 Å². The molecule has 1 unspecified atom stereocenters. The Hall–Kier alpha value is -2.10. The first-order chi connectivity index (χ1) is 9.68. The van der Waals surface area contributed by atoms with E-state index in [2.05, 4.69) is 41.3 Å². The van der Waals surface area contributed by atoms with Gasteiger partial charge in [0.05, 0.1) is 5.69 Å². The second-order valence-corrected chi connectivity index (χ2v) is 6.16. The third-order valence-corrected chi connectivity index (χ3v) is 4.68. The second-order valence-electron chi connectivity index (χ2n) is 6.16. The van der Waals surface area contributed by atoms with E-state index in [0.29, 0.717) is 5.41 Å². The maximum absolute atomic E-state index is 4.54. The van der Waals surface area contributed by atoms with Gasteiger partial charge in [-0.2, -0.15) is 5.10 Å². The van der Waals surface area contributed by atoms with Crippen molar-refractivity contribution in [1.82, 2.24) is 19.6 Å². The molecule has 4 nitrogen and oxygen atoms in total. The highest BCUT2D eigenvalue weighted by atomic mass is 15.1. The van der Waals surface area contributed by atoms with Crippen molar-refractivity contribution in [2.75, 3.05) is 0 Å². The fourth-order valence-electron chi connectivity index (χ4n) is 3.20. The predicted molar refractivity (Wildman–Crippen MR) is 78.6 cm³/mol. The molecule has 4 rings (SSSR count). The molecular formula is C16H18N4. The second kappa shape index (κ2) is 3.95. The molecule has 1 atom stereocenters. The maximum Gasteiger partial charge on any atom is 0.136 e. The summed E-state index contributed by atoms with van der Waals surface area (Å²) in [5.41, 5.74) is 6.34. The number of H-pyrrole nitrogens is 1. The molecular weight excluding hydrogens is 248 g/mol. The highest BCUT2D eigenvalue weighted by Crippen LogP contribution is 2.41. The SMILES string of the molecule is CCC1(C)Cc2[nH]nc(-c3ccc4nccn4c3)c2C1. The third-order valence-electron chi connectivity index (χ3n) is 4.68. The van der Waals surface area contributed by atoms with Gasteiger partial charge in [0.15, 0.2) is 0 Å². The van der Waals surface area contributed by atoms with E-state index in [9.17, 15) is 0 Å². The van der Waals surface area contributed by atoms with Gasteiger partial charge >= 0.3 is 0 Å². The molecule has 3 aromatic heterocycles. The van der Waals surface area contributed by atoms with E-state index in [0.717, 1.165) is 29.7 Å². The number of fused-ring (bicyclic) bond motifs is 2. The Labute approximate surface area is 117 Å². The minimum atomic E-state index is 0.387. The van der Waals surface area contributed by atoms with Crippen LogP contribution in [0.4, 0.5) is 0 Å². The summed E-state index contributed by atoms with van der Waals surface area (Å²) >= 11 is 0. The van der Waals surface area contributed by atoms with Crippen molar-refractivity contribution >= 4 is 5.65 Å². The van der Waals surface area contributed by atoms with Gasteiger partial charge in [-0.1, -0.05) is 20.3 Å². The van der Waals surface area contributed by atoms with E-state index in [1.807, 2.05) is 22.9 Å². The van der Waals surface area contributed by atoms with E-state index in [-0.39, 0.29) is 0 Å². The Morgan fingerprint density at radius 1 is 1.35 bits per heavy atom. The molecule has 1 aliphatic rings. The summed E-state index contributed by atoms with van der Waals surface area (Å²) in [6.07, 6.45) is 9.34. The van der Waals surface area contributed by atoms with Crippen LogP contribution >= 0.6 is 0 Å². The van der Waals surface area contributed by atoms with Crippen LogP contribution in [0.15, 0.2) is 30.7 Å². The summed E-state index contributed by atoms with van der Waals surface area (Å²) in [5, 5.41) is 7.78. The van der Waals surface area contributed by atoms with Crippen molar-refractivity contribution in [1.29, 1.82) is 0 Å². The first-order valence-corrected chi connectivity index (χ1v) is 7.18. The van der Waals surface area contributed by atoms with Gasteiger partial charge in [-0.3, -0.25) is 5.10 Å². The standard InChI is InChI=1S/C16H18N4/c1-3-16(2)8-12-13(9-16)18-19-15(12)11-4-5-14-17-6-7-20(14)10-11/h4-7,10H,3,8-9H2,1-2H3,(H,18,19). The molecule has 0 radical (unpaired) electrons. The number of hydrogen-bond donors (Lipinski definition) is 1. The molecule has 0 aromatic carbocycles. The van der Waals surface area contributed by atoms with Gasteiger partial charge in [0.2, 0.25) is 0 Å². The molecule has 0 amide bonds. The molecule has 4 heteroatoms. The van der Waals surface area contributed by atoms with Crippen molar-refractivity contribution in [3.63, 3.8) is 0 Å². The number of nitrogens with zero attached hydrogens (tertiary/aromatic N) is 3. The molecule has 0 spiro atoms. The topological polar surface area (TPSA) is 46.0 Å². The highest BCUT2D eigenvalue weighted by molar-refractivity contribution is 5.66. The van der Waals surface area contributed by atoms with Crippen molar-refractivity contribution in [2.24, 2.45) is 5.41 Å². The first kappa shape index (κ1) is 11.7. The van der Waals surface area contributed by atoms with Crippen LogP contribution in [0.1, 0.15) is 31.5 Å². The predicted octanol–water partition coefficient (Wildman–Crippen LogP) is 3.24. The summed E-state index contributed by atoms with van der Waals surface area (Å²) in [5.74, 6) is 0.